The van der Waals surface area contributed by atoms with E-state index < -0.39 is 11.8 Å². The van der Waals surface area contributed by atoms with E-state index in [0.717, 1.165) is 0 Å². The van der Waals surface area contributed by atoms with Crippen LogP contribution in [0.4, 0.5) is 10.1 Å². The molecule has 0 aliphatic rings. The van der Waals surface area contributed by atoms with Crippen molar-refractivity contribution in [2.45, 2.75) is 0 Å². The summed E-state index contributed by atoms with van der Waals surface area (Å²) in [6.07, 6.45) is 0. The number of rotatable bonds is 5. The van der Waals surface area contributed by atoms with Gasteiger partial charge in [-0.05, 0) is 54.6 Å². The van der Waals surface area contributed by atoms with Crippen molar-refractivity contribution in [3.8, 4) is 11.5 Å². The molecule has 0 bridgehead atoms. The molecule has 5 nitrogen and oxygen atoms in total. The Morgan fingerprint density at radius 1 is 0.923 bits per heavy atom. The number of hydrogen-bond donors (Lipinski definition) is 2. The third-order valence-corrected chi connectivity index (χ3v) is 3.58. The van der Waals surface area contributed by atoms with Crippen molar-refractivity contribution in [2.75, 3.05) is 5.32 Å². The highest BCUT2D eigenvalue weighted by atomic mass is 19.1. The number of carbonyl (C=O) groups excluding carboxylic acids is 2. The summed E-state index contributed by atoms with van der Waals surface area (Å²) in [4.78, 5) is 23.8. The summed E-state index contributed by atoms with van der Waals surface area (Å²) in [6.45, 7) is 0. The number of halogens is 1. The first-order chi connectivity index (χ1) is 12.5. The predicted octanol–water partition coefficient (Wildman–Crippen LogP) is 3.97. The van der Waals surface area contributed by atoms with Crippen LogP contribution in [0.15, 0.2) is 72.8 Å². The molecule has 6 heteroatoms. The molecule has 0 atom stereocenters. The average molecular weight is 350 g/mol. The Morgan fingerprint density at radius 3 is 2.38 bits per heavy atom. The third-order valence-electron chi connectivity index (χ3n) is 3.58. The van der Waals surface area contributed by atoms with Crippen LogP contribution in [0.1, 0.15) is 20.7 Å². The lowest BCUT2D eigenvalue weighted by atomic mass is 10.1. The maximum atomic E-state index is 13.0. The molecular weight excluding hydrogens is 335 g/mol. The molecule has 0 fully saturated rings. The zero-order valence-electron chi connectivity index (χ0n) is 13.6. The molecule has 0 spiro atoms. The zero-order chi connectivity index (χ0) is 18.5. The summed E-state index contributed by atoms with van der Waals surface area (Å²) < 4.78 is 18.7. The Kier molecular flexibility index (Phi) is 4.94. The smallest absolute Gasteiger partial charge is 0.259 e. The highest BCUT2D eigenvalue weighted by Gasteiger charge is 2.14. The molecule has 0 unspecified atom stereocenters. The Bertz CT molecular complexity index is 955. The van der Waals surface area contributed by atoms with Crippen LogP contribution in [-0.2, 0) is 0 Å². The van der Waals surface area contributed by atoms with Gasteiger partial charge < -0.3 is 15.8 Å². The van der Waals surface area contributed by atoms with E-state index in [4.69, 9.17) is 10.5 Å². The fraction of sp³-hybridized carbons (Fsp3) is 0. The molecule has 26 heavy (non-hydrogen) atoms. The molecular formula is C20H15FN2O3. The molecule has 2 amide bonds. The van der Waals surface area contributed by atoms with Crippen molar-refractivity contribution in [3.63, 3.8) is 0 Å². The van der Waals surface area contributed by atoms with E-state index in [0.29, 0.717) is 28.3 Å². The molecule has 0 saturated carbocycles. The normalized spacial score (nSPS) is 10.2. The first kappa shape index (κ1) is 17.2. The Labute approximate surface area is 149 Å². The van der Waals surface area contributed by atoms with Crippen LogP contribution in [0.5, 0.6) is 11.5 Å². The van der Waals surface area contributed by atoms with Crippen LogP contribution in [0.2, 0.25) is 0 Å². The van der Waals surface area contributed by atoms with Crippen molar-refractivity contribution < 1.29 is 18.7 Å². The van der Waals surface area contributed by atoms with Crippen LogP contribution < -0.4 is 15.8 Å². The SMILES string of the molecule is NC(=O)c1cccc(NC(=O)c2ccccc2Oc2ccc(F)cc2)c1. The Balaban J connectivity index is 1.82. The molecule has 3 rings (SSSR count). The zero-order valence-corrected chi connectivity index (χ0v) is 13.6. The summed E-state index contributed by atoms with van der Waals surface area (Å²) in [5.74, 6) is -0.645. The number of carbonyl (C=O) groups is 2. The van der Waals surface area contributed by atoms with Crippen LogP contribution in [0.3, 0.4) is 0 Å². The van der Waals surface area contributed by atoms with E-state index in [-0.39, 0.29) is 5.82 Å². The first-order valence-corrected chi connectivity index (χ1v) is 7.76. The lowest BCUT2D eigenvalue weighted by Gasteiger charge is -2.12. The van der Waals surface area contributed by atoms with Crippen molar-refractivity contribution in [1.82, 2.24) is 0 Å². The van der Waals surface area contributed by atoms with Crippen molar-refractivity contribution in [3.05, 3.63) is 89.7 Å². The highest BCUT2D eigenvalue weighted by Crippen LogP contribution is 2.26. The fourth-order valence-electron chi connectivity index (χ4n) is 2.32. The number of hydrogen-bond acceptors (Lipinski definition) is 3. The number of nitrogens with two attached hydrogens (primary N) is 1. The van der Waals surface area contributed by atoms with Crippen LogP contribution in [-0.4, -0.2) is 11.8 Å². The van der Waals surface area contributed by atoms with Crippen molar-refractivity contribution in [1.29, 1.82) is 0 Å². The number of anilines is 1. The predicted molar refractivity (Wildman–Crippen MR) is 95.8 cm³/mol. The Hall–Kier alpha value is -3.67. The first-order valence-electron chi connectivity index (χ1n) is 7.76. The topological polar surface area (TPSA) is 81.4 Å². The van der Waals surface area contributed by atoms with Gasteiger partial charge in [-0.2, -0.15) is 0 Å². The van der Waals surface area contributed by atoms with Gasteiger partial charge in [0.2, 0.25) is 5.91 Å². The van der Waals surface area contributed by atoms with Crippen LogP contribution in [0.25, 0.3) is 0 Å². The minimum Gasteiger partial charge on any atom is -0.457 e. The molecule has 0 aliphatic carbocycles. The number of para-hydroxylation sites is 1. The molecule has 0 aliphatic heterocycles. The number of amides is 2. The second kappa shape index (κ2) is 7.48. The van der Waals surface area contributed by atoms with E-state index in [9.17, 15) is 14.0 Å². The molecule has 130 valence electrons. The van der Waals surface area contributed by atoms with Crippen LogP contribution >= 0.6 is 0 Å². The summed E-state index contributed by atoms with van der Waals surface area (Å²) in [5, 5.41) is 2.70. The monoisotopic (exact) mass is 350 g/mol. The summed E-state index contributed by atoms with van der Waals surface area (Å²) in [7, 11) is 0. The van der Waals surface area contributed by atoms with Gasteiger partial charge in [0.05, 0.1) is 5.56 Å². The summed E-state index contributed by atoms with van der Waals surface area (Å²) >= 11 is 0. The van der Waals surface area contributed by atoms with Crippen molar-refractivity contribution >= 4 is 17.5 Å². The third kappa shape index (κ3) is 4.05. The van der Waals surface area contributed by atoms with Gasteiger partial charge in [0.25, 0.3) is 5.91 Å². The van der Waals surface area contributed by atoms with Gasteiger partial charge in [-0.3, -0.25) is 9.59 Å². The van der Waals surface area contributed by atoms with Crippen molar-refractivity contribution in [2.24, 2.45) is 5.73 Å². The largest absolute Gasteiger partial charge is 0.457 e. The summed E-state index contributed by atoms with van der Waals surface area (Å²) in [6, 6.07) is 18.5. The van der Waals surface area contributed by atoms with Gasteiger partial charge in [-0.1, -0.05) is 18.2 Å². The number of benzene rings is 3. The maximum absolute atomic E-state index is 13.0. The highest BCUT2D eigenvalue weighted by molar-refractivity contribution is 6.06. The van der Waals surface area contributed by atoms with Gasteiger partial charge in [0.15, 0.2) is 0 Å². The lowest BCUT2D eigenvalue weighted by molar-refractivity contribution is 0.0995. The molecule has 0 radical (unpaired) electrons. The van der Waals surface area contributed by atoms with E-state index in [1.807, 2.05) is 0 Å². The van der Waals surface area contributed by atoms with E-state index in [2.05, 4.69) is 5.32 Å². The van der Waals surface area contributed by atoms with E-state index in [1.54, 1.807) is 42.5 Å². The number of ether oxygens (including phenoxy) is 1. The Morgan fingerprint density at radius 2 is 1.65 bits per heavy atom. The average Bonchev–Trinajstić information content (AvgIpc) is 2.64. The van der Waals surface area contributed by atoms with Crippen LogP contribution in [0, 0.1) is 5.82 Å². The van der Waals surface area contributed by atoms with Gasteiger partial charge in [-0.25, -0.2) is 4.39 Å². The second-order valence-electron chi connectivity index (χ2n) is 5.45. The fourth-order valence-corrected chi connectivity index (χ4v) is 2.32. The maximum Gasteiger partial charge on any atom is 0.259 e. The van der Waals surface area contributed by atoms with Gasteiger partial charge in [0.1, 0.15) is 17.3 Å². The molecule has 0 saturated heterocycles. The number of nitrogens with one attached hydrogen (secondary N) is 1. The second-order valence-corrected chi connectivity index (χ2v) is 5.45. The van der Waals surface area contributed by atoms with Gasteiger partial charge >= 0.3 is 0 Å². The standard InChI is InChI=1S/C20H15FN2O3/c21-14-8-10-16(11-9-14)26-18-7-2-1-6-17(18)20(25)23-15-5-3-4-13(12-15)19(22)24/h1-12H,(H2,22,24)(H,23,25). The van der Waals surface area contributed by atoms with E-state index in [1.165, 1.54) is 30.3 Å². The molecule has 0 heterocycles. The molecule has 3 N–H and O–H groups in total. The minimum absolute atomic E-state index is 0.290. The van der Waals surface area contributed by atoms with E-state index >= 15 is 0 Å². The molecule has 3 aromatic rings. The van der Waals surface area contributed by atoms with Gasteiger partial charge in [-0.15, -0.1) is 0 Å². The van der Waals surface area contributed by atoms with Gasteiger partial charge in [0, 0.05) is 11.3 Å². The minimum atomic E-state index is -0.582. The molecule has 0 aromatic heterocycles. The summed E-state index contributed by atoms with van der Waals surface area (Å²) in [5.41, 5.74) is 6.26. The number of primary amides is 1. The molecule has 3 aromatic carbocycles. The quantitative estimate of drug-likeness (QED) is 0.730. The lowest BCUT2D eigenvalue weighted by Crippen LogP contribution is -2.15.